The molecule has 0 aliphatic carbocycles. The van der Waals surface area contributed by atoms with E-state index in [-0.39, 0.29) is 18.2 Å². The Balaban J connectivity index is 1.58. The van der Waals surface area contributed by atoms with Crippen molar-refractivity contribution in [3.05, 3.63) is 54.1 Å². The first-order chi connectivity index (χ1) is 12.0. The number of hydrogen-bond acceptors (Lipinski definition) is 3. The zero-order valence-electron chi connectivity index (χ0n) is 13.3. The smallest absolute Gasteiger partial charge is 0.262 e. The maximum absolute atomic E-state index is 13.1. The first kappa shape index (κ1) is 16.9. The second-order valence-corrected chi connectivity index (χ2v) is 5.61. The quantitative estimate of drug-likeness (QED) is 0.905. The Kier molecular flexibility index (Phi) is 4.92. The number of anilines is 2. The summed E-state index contributed by atoms with van der Waals surface area (Å²) in [6.45, 7) is 0.370. The van der Waals surface area contributed by atoms with Crippen LogP contribution in [0.1, 0.15) is 12.8 Å². The first-order valence-electron chi connectivity index (χ1n) is 7.81. The van der Waals surface area contributed by atoms with Crippen LogP contribution in [0.2, 0.25) is 0 Å². The molecule has 7 heteroatoms. The van der Waals surface area contributed by atoms with Gasteiger partial charge in [-0.3, -0.25) is 9.59 Å². The molecule has 2 aromatic carbocycles. The number of nitrogens with zero attached hydrogens (tertiary/aromatic N) is 1. The molecular formula is C18H16F2N2O3. The van der Waals surface area contributed by atoms with Crippen LogP contribution < -0.4 is 15.0 Å². The Morgan fingerprint density at radius 3 is 2.72 bits per heavy atom. The average molecular weight is 346 g/mol. The van der Waals surface area contributed by atoms with Crippen molar-refractivity contribution in [3.63, 3.8) is 0 Å². The first-order valence-corrected chi connectivity index (χ1v) is 7.81. The molecule has 0 saturated carbocycles. The van der Waals surface area contributed by atoms with Crippen LogP contribution in [0.4, 0.5) is 20.2 Å². The Morgan fingerprint density at radius 2 is 2.00 bits per heavy atom. The highest BCUT2D eigenvalue weighted by molar-refractivity contribution is 5.95. The molecule has 5 nitrogen and oxygen atoms in total. The number of halogens is 2. The average Bonchev–Trinajstić information content (AvgIpc) is 3.03. The minimum atomic E-state index is -1.04. The predicted octanol–water partition coefficient (Wildman–Crippen LogP) is 3.11. The molecule has 0 radical (unpaired) electrons. The highest BCUT2D eigenvalue weighted by Crippen LogP contribution is 2.25. The largest absolute Gasteiger partial charge is 0.484 e. The van der Waals surface area contributed by atoms with E-state index in [9.17, 15) is 18.4 Å². The Bertz CT molecular complexity index is 811. The third-order valence-electron chi connectivity index (χ3n) is 3.78. The van der Waals surface area contributed by atoms with Gasteiger partial charge in [-0.05, 0) is 30.7 Å². The van der Waals surface area contributed by atoms with Crippen molar-refractivity contribution >= 4 is 23.2 Å². The fourth-order valence-corrected chi connectivity index (χ4v) is 2.58. The third kappa shape index (κ3) is 4.12. The van der Waals surface area contributed by atoms with Gasteiger partial charge in [-0.1, -0.05) is 6.07 Å². The molecule has 0 atom stereocenters. The summed E-state index contributed by atoms with van der Waals surface area (Å²) in [5.41, 5.74) is 0.866. The molecule has 1 aliphatic heterocycles. The zero-order chi connectivity index (χ0) is 17.8. The molecule has 130 valence electrons. The van der Waals surface area contributed by atoms with Crippen molar-refractivity contribution in [2.75, 3.05) is 23.4 Å². The number of hydrogen-bond donors (Lipinski definition) is 1. The molecule has 1 saturated heterocycles. The van der Waals surface area contributed by atoms with Gasteiger partial charge in [0.05, 0.1) is 0 Å². The molecule has 1 aliphatic rings. The number of benzene rings is 2. The summed E-state index contributed by atoms with van der Waals surface area (Å²) in [6.07, 6.45) is 1.35. The maximum atomic E-state index is 13.1. The van der Waals surface area contributed by atoms with Crippen molar-refractivity contribution in [1.82, 2.24) is 0 Å². The number of rotatable bonds is 5. The lowest BCUT2D eigenvalue weighted by Crippen LogP contribution is -2.24. The van der Waals surface area contributed by atoms with Crippen molar-refractivity contribution < 1.29 is 23.1 Å². The van der Waals surface area contributed by atoms with Gasteiger partial charge in [0.15, 0.2) is 18.2 Å². The fourth-order valence-electron chi connectivity index (χ4n) is 2.58. The van der Waals surface area contributed by atoms with Crippen molar-refractivity contribution in [2.45, 2.75) is 12.8 Å². The topological polar surface area (TPSA) is 58.6 Å². The molecule has 1 N–H and O–H groups in total. The lowest BCUT2D eigenvalue weighted by atomic mass is 10.3. The highest BCUT2D eigenvalue weighted by atomic mass is 19.2. The van der Waals surface area contributed by atoms with Gasteiger partial charge in [0.1, 0.15) is 5.75 Å². The summed E-state index contributed by atoms with van der Waals surface area (Å²) < 4.78 is 31.4. The van der Waals surface area contributed by atoms with Crippen LogP contribution in [0.5, 0.6) is 5.75 Å². The summed E-state index contributed by atoms with van der Waals surface area (Å²) in [5, 5.41) is 2.42. The molecule has 2 aromatic rings. The number of carbonyl (C=O) groups excluding carboxylic acids is 2. The van der Waals surface area contributed by atoms with E-state index in [0.717, 1.165) is 24.2 Å². The standard InChI is InChI=1S/C18H16F2N2O3/c19-15-7-6-12(9-16(15)20)21-17(23)11-25-14-4-1-3-13(10-14)22-8-2-5-18(22)24/h1,3-4,6-7,9-10H,2,5,8,11H2,(H,21,23). The maximum Gasteiger partial charge on any atom is 0.262 e. The summed E-state index contributed by atoms with van der Waals surface area (Å²) in [5.74, 6) is -2.02. The van der Waals surface area contributed by atoms with Crippen LogP contribution in [-0.4, -0.2) is 25.0 Å². The second kappa shape index (κ2) is 7.29. The number of ether oxygens (including phenoxy) is 1. The number of nitrogens with one attached hydrogen (secondary N) is 1. The second-order valence-electron chi connectivity index (χ2n) is 5.61. The molecule has 0 spiro atoms. The summed E-state index contributed by atoms with van der Waals surface area (Å²) in [7, 11) is 0. The predicted molar refractivity (Wildman–Crippen MR) is 88.5 cm³/mol. The molecule has 0 unspecified atom stereocenters. The van der Waals surface area contributed by atoms with E-state index in [1.54, 1.807) is 29.2 Å². The van der Waals surface area contributed by atoms with E-state index < -0.39 is 17.5 Å². The van der Waals surface area contributed by atoms with Crippen molar-refractivity contribution in [3.8, 4) is 5.75 Å². The van der Waals surface area contributed by atoms with E-state index in [2.05, 4.69) is 5.32 Å². The van der Waals surface area contributed by atoms with E-state index in [1.165, 1.54) is 6.07 Å². The van der Waals surface area contributed by atoms with Gasteiger partial charge in [0.25, 0.3) is 5.91 Å². The monoisotopic (exact) mass is 346 g/mol. The lowest BCUT2D eigenvalue weighted by Gasteiger charge is -2.16. The molecule has 0 bridgehead atoms. The van der Waals surface area contributed by atoms with Gasteiger partial charge in [-0.2, -0.15) is 0 Å². The van der Waals surface area contributed by atoms with Gasteiger partial charge in [0, 0.05) is 36.5 Å². The van der Waals surface area contributed by atoms with Gasteiger partial charge in [0.2, 0.25) is 5.91 Å². The Labute approximate surface area is 143 Å². The number of carbonyl (C=O) groups is 2. The van der Waals surface area contributed by atoms with Crippen molar-refractivity contribution in [1.29, 1.82) is 0 Å². The van der Waals surface area contributed by atoms with E-state index in [4.69, 9.17) is 4.74 Å². The SMILES string of the molecule is O=C(COc1cccc(N2CCCC2=O)c1)Nc1ccc(F)c(F)c1. The third-order valence-corrected chi connectivity index (χ3v) is 3.78. The van der Waals surface area contributed by atoms with Crippen LogP contribution in [0.15, 0.2) is 42.5 Å². The van der Waals surface area contributed by atoms with Crippen LogP contribution >= 0.6 is 0 Å². The van der Waals surface area contributed by atoms with Gasteiger partial charge in [-0.25, -0.2) is 8.78 Å². The molecule has 1 fully saturated rings. The zero-order valence-corrected chi connectivity index (χ0v) is 13.3. The minimum absolute atomic E-state index is 0.0632. The van der Waals surface area contributed by atoms with Gasteiger partial charge >= 0.3 is 0 Å². The van der Waals surface area contributed by atoms with Gasteiger partial charge in [-0.15, -0.1) is 0 Å². The molecule has 25 heavy (non-hydrogen) atoms. The normalized spacial score (nSPS) is 13.8. The van der Waals surface area contributed by atoms with E-state index in [0.29, 0.717) is 18.7 Å². The summed E-state index contributed by atoms with van der Waals surface area (Å²) >= 11 is 0. The highest BCUT2D eigenvalue weighted by Gasteiger charge is 2.21. The molecule has 2 amide bonds. The fraction of sp³-hybridized carbons (Fsp3) is 0.222. The summed E-state index contributed by atoms with van der Waals surface area (Å²) in [6, 6.07) is 10.00. The summed E-state index contributed by atoms with van der Waals surface area (Å²) in [4.78, 5) is 25.3. The van der Waals surface area contributed by atoms with E-state index >= 15 is 0 Å². The van der Waals surface area contributed by atoms with Crippen LogP contribution in [0, 0.1) is 11.6 Å². The Hall–Kier alpha value is -2.96. The van der Waals surface area contributed by atoms with E-state index in [1.807, 2.05) is 0 Å². The van der Waals surface area contributed by atoms with Crippen LogP contribution in [0.3, 0.4) is 0 Å². The molecule has 1 heterocycles. The van der Waals surface area contributed by atoms with Crippen molar-refractivity contribution in [2.24, 2.45) is 0 Å². The van der Waals surface area contributed by atoms with Crippen LogP contribution in [-0.2, 0) is 9.59 Å². The Morgan fingerprint density at radius 1 is 1.16 bits per heavy atom. The minimum Gasteiger partial charge on any atom is -0.484 e. The van der Waals surface area contributed by atoms with Crippen LogP contribution in [0.25, 0.3) is 0 Å². The number of amides is 2. The lowest BCUT2D eigenvalue weighted by molar-refractivity contribution is -0.118. The molecular weight excluding hydrogens is 330 g/mol. The molecule has 0 aromatic heterocycles. The van der Waals surface area contributed by atoms with Gasteiger partial charge < -0.3 is 15.0 Å². The molecule has 3 rings (SSSR count).